The zero-order valence-electron chi connectivity index (χ0n) is 10.6. The Morgan fingerprint density at radius 3 is 2.63 bits per heavy atom. The first-order valence-corrected chi connectivity index (χ1v) is 8.03. The fourth-order valence-electron chi connectivity index (χ4n) is 1.70. The molecule has 7 nitrogen and oxygen atoms in total. The molecule has 0 unspecified atom stereocenters. The Bertz CT molecular complexity index is 648. The van der Waals surface area contributed by atoms with E-state index in [2.05, 4.69) is 15.3 Å². The van der Waals surface area contributed by atoms with Crippen molar-refractivity contribution in [1.82, 2.24) is 24.5 Å². The normalized spacial score (nSPS) is 12.2. The summed E-state index contributed by atoms with van der Waals surface area (Å²) < 4.78 is 26.1. The average molecular weight is 304 g/mol. The molecule has 0 fully saturated rings. The monoisotopic (exact) mass is 303 g/mol. The summed E-state index contributed by atoms with van der Waals surface area (Å²) in [5.41, 5.74) is 0. The van der Waals surface area contributed by atoms with Crippen molar-refractivity contribution in [2.45, 2.75) is 32.1 Å². The van der Waals surface area contributed by atoms with Gasteiger partial charge in [-0.25, -0.2) is 8.42 Å². The second-order valence-electron chi connectivity index (χ2n) is 4.54. The maximum Gasteiger partial charge on any atom is 0.296 e. The Morgan fingerprint density at radius 2 is 2.11 bits per heavy atom. The van der Waals surface area contributed by atoms with Crippen LogP contribution in [0, 0.1) is 5.92 Å². The van der Waals surface area contributed by atoms with Crippen LogP contribution in [0.15, 0.2) is 23.6 Å². The molecule has 0 spiro atoms. The summed E-state index contributed by atoms with van der Waals surface area (Å²) in [6.07, 6.45) is 3.41. The van der Waals surface area contributed by atoms with Crippen molar-refractivity contribution in [3.05, 3.63) is 24.3 Å². The van der Waals surface area contributed by atoms with Crippen LogP contribution < -0.4 is 0 Å². The van der Waals surface area contributed by atoms with E-state index >= 15 is 0 Å². The Balaban J connectivity index is 2.41. The number of hydrogen-bond acceptors (Lipinski definition) is 5. The van der Waals surface area contributed by atoms with E-state index in [0.717, 1.165) is 0 Å². The lowest BCUT2D eigenvalue weighted by Crippen LogP contribution is -2.15. The van der Waals surface area contributed by atoms with E-state index < -0.39 is 9.05 Å². The second kappa shape index (κ2) is 5.30. The highest BCUT2D eigenvalue weighted by atomic mass is 35.7. The molecule has 0 atom stereocenters. The first-order valence-electron chi connectivity index (χ1n) is 5.72. The van der Waals surface area contributed by atoms with Gasteiger partial charge in [0.05, 0.1) is 0 Å². The first-order chi connectivity index (χ1) is 8.88. The van der Waals surface area contributed by atoms with Gasteiger partial charge in [-0.3, -0.25) is 9.25 Å². The van der Waals surface area contributed by atoms with Gasteiger partial charge in [-0.2, -0.15) is 5.10 Å². The molecular weight excluding hydrogens is 290 g/mol. The number of hydrogen-bond donors (Lipinski definition) is 0. The van der Waals surface area contributed by atoms with Crippen LogP contribution >= 0.6 is 10.7 Å². The first kappa shape index (κ1) is 14.0. The summed E-state index contributed by atoms with van der Waals surface area (Å²) in [7, 11) is 1.46. The molecule has 0 N–H and O–H groups in total. The Kier molecular flexibility index (Phi) is 3.91. The smallest absolute Gasteiger partial charge is 0.296 e. The molecule has 104 valence electrons. The molecule has 0 radical (unpaired) electrons. The zero-order valence-corrected chi connectivity index (χ0v) is 12.1. The third-order valence-corrected chi connectivity index (χ3v) is 3.57. The summed E-state index contributed by atoms with van der Waals surface area (Å²) in [5.74, 6) is 0.751. The molecule has 0 saturated carbocycles. The summed E-state index contributed by atoms with van der Waals surface area (Å²) in [6.45, 7) is 4.77. The number of aromatic nitrogens is 5. The van der Waals surface area contributed by atoms with Gasteiger partial charge in [0.25, 0.3) is 14.2 Å². The molecule has 2 rings (SSSR count). The average Bonchev–Trinajstić information content (AvgIpc) is 2.88. The maximum absolute atomic E-state index is 11.5. The molecule has 2 aromatic rings. The zero-order chi connectivity index (χ0) is 14.0. The minimum absolute atomic E-state index is 0.218. The van der Waals surface area contributed by atoms with E-state index in [1.54, 1.807) is 23.1 Å². The van der Waals surface area contributed by atoms with Crippen LogP contribution in [-0.4, -0.2) is 33.0 Å². The molecule has 0 aliphatic rings. The van der Waals surface area contributed by atoms with Gasteiger partial charge in [0.15, 0.2) is 5.82 Å². The molecule has 9 heteroatoms. The van der Waals surface area contributed by atoms with E-state index in [-0.39, 0.29) is 11.1 Å². The van der Waals surface area contributed by atoms with E-state index in [1.807, 2.05) is 13.8 Å². The molecule has 0 aliphatic carbocycles. The summed E-state index contributed by atoms with van der Waals surface area (Å²) in [5, 5.41) is 11.4. The highest BCUT2D eigenvalue weighted by Gasteiger charge is 2.23. The quantitative estimate of drug-likeness (QED) is 0.773. The molecule has 0 amide bonds. The van der Waals surface area contributed by atoms with E-state index in [1.165, 1.54) is 4.57 Å². The van der Waals surface area contributed by atoms with Crippen molar-refractivity contribution in [2.75, 3.05) is 0 Å². The number of rotatable bonds is 5. The van der Waals surface area contributed by atoms with Gasteiger partial charge in [0.1, 0.15) is 6.54 Å². The summed E-state index contributed by atoms with van der Waals surface area (Å²) in [4.78, 5) is 0. The van der Waals surface area contributed by atoms with Crippen LogP contribution in [0.25, 0.3) is 0 Å². The van der Waals surface area contributed by atoms with Crippen LogP contribution in [0.1, 0.15) is 19.7 Å². The predicted molar refractivity (Wildman–Crippen MR) is 69.2 cm³/mol. The predicted octanol–water partition coefficient (Wildman–Crippen LogP) is 1.11. The molecular formula is C10H14ClN5O2S. The van der Waals surface area contributed by atoms with Crippen LogP contribution in [0.2, 0.25) is 0 Å². The third-order valence-electron chi connectivity index (χ3n) is 2.42. The lowest BCUT2D eigenvalue weighted by atomic mass is 10.2. The van der Waals surface area contributed by atoms with Crippen molar-refractivity contribution in [3.8, 4) is 0 Å². The van der Waals surface area contributed by atoms with Crippen molar-refractivity contribution in [2.24, 2.45) is 5.92 Å². The summed E-state index contributed by atoms with van der Waals surface area (Å²) in [6, 6.07) is 1.78. The molecule has 0 aromatic carbocycles. The van der Waals surface area contributed by atoms with Crippen LogP contribution in [-0.2, 0) is 22.1 Å². The fourth-order valence-corrected chi connectivity index (χ4v) is 2.63. The molecule has 19 heavy (non-hydrogen) atoms. The van der Waals surface area contributed by atoms with Crippen molar-refractivity contribution in [1.29, 1.82) is 0 Å². The third kappa shape index (κ3) is 3.32. The Morgan fingerprint density at radius 1 is 1.37 bits per heavy atom. The summed E-state index contributed by atoms with van der Waals surface area (Å²) >= 11 is 0. The van der Waals surface area contributed by atoms with Crippen LogP contribution in [0.3, 0.4) is 0 Å². The molecule has 0 aliphatic heterocycles. The minimum Gasteiger partial charge on any atom is -0.299 e. The van der Waals surface area contributed by atoms with E-state index in [0.29, 0.717) is 18.9 Å². The largest absolute Gasteiger partial charge is 0.299 e. The standard InChI is InChI=1S/C10H14ClN5O2S/c1-8(2)6-16-9(7-15-5-3-4-12-15)13-14-10(16)19(11,17)18/h3-5,8H,6-7H2,1-2H3. The lowest BCUT2D eigenvalue weighted by molar-refractivity contribution is 0.463. The molecule has 0 saturated heterocycles. The minimum atomic E-state index is -3.91. The van der Waals surface area contributed by atoms with Gasteiger partial charge < -0.3 is 0 Å². The van der Waals surface area contributed by atoms with Crippen molar-refractivity contribution >= 4 is 19.7 Å². The highest BCUT2D eigenvalue weighted by molar-refractivity contribution is 8.13. The lowest BCUT2D eigenvalue weighted by Gasteiger charge is -2.11. The van der Waals surface area contributed by atoms with Gasteiger partial charge in [0.2, 0.25) is 0 Å². The van der Waals surface area contributed by atoms with Crippen LogP contribution in [0.5, 0.6) is 0 Å². The SMILES string of the molecule is CC(C)Cn1c(Cn2cccn2)nnc1S(=O)(=O)Cl. The van der Waals surface area contributed by atoms with Gasteiger partial charge in [-0.15, -0.1) is 10.2 Å². The number of halogens is 1. The van der Waals surface area contributed by atoms with Crippen LogP contribution in [0.4, 0.5) is 0 Å². The van der Waals surface area contributed by atoms with Gasteiger partial charge in [0, 0.05) is 29.6 Å². The number of nitrogens with zero attached hydrogens (tertiary/aromatic N) is 5. The highest BCUT2D eigenvalue weighted by Crippen LogP contribution is 2.16. The van der Waals surface area contributed by atoms with Crippen molar-refractivity contribution < 1.29 is 8.42 Å². The Labute approximate surface area is 115 Å². The van der Waals surface area contributed by atoms with Gasteiger partial charge >= 0.3 is 0 Å². The van der Waals surface area contributed by atoms with Gasteiger partial charge in [-0.1, -0.05) is 13.8 Å². The molecule has 2 heterocycles. The second-order valence-corrected chi connectivity index (χ2v) is 7.00. The molecule has 0 bridgehead atoms. The van der Waals surface area contributed by atoms with E-state index in [9.17, 15) is 8.42 Å². The van der Waals surface area contributed by atoms with Crippen molar-refractivity contribution in [3.63, 3.8) is 0 Å². The fraction of sp³-hybridized carbons (Fsp3) is 0.500. The van der Waals surface area contributed by atoms with E-state index in [4.69, 9.17) is 10.7 Å². The Hall–Kier alpha value is -1.41. The maximum atomic E-state index is 11.5. The molecule has 2 aromatic heterocycles. The van der Waals surface area contributed by atoms with Gasteiger partial charge in [-0.05, 0) is 12.0 Å². The topological polar surface area (TPSA) is 82.7 Å².